The molecule has 2 atom stereocenters. The van der Waals surface area contributed by atoms with E-state index in [1.807, 2.05) is 0 Å². The van der Waals surface area contributed by atoms with Gasteiger partial charge in [0.25, 0.3) is 0 Å². The number of carboxylic acids is 1. The first-order valence-corrected chi connectivity index (χ1v) is 5.93. The molecule has 0 aliphatic heterocycles. The molecule has 0 heterocycles. The Kier molecular flexibility index (Phi) is 4.92. The molecule has 0 saturated heterocycles. The first-order chi connectivity index (χ1) is 7.56. The standard InChI is InChI=1S/C11H13BrO4/c12-5-4-9(13)10(14)7-2-1-3-8(6-7)11(15)16/h1-3,6,9-10,13-14H,4-5H2,(H,15,16). The number of aliphatic hydroxyl groups excluding tert-OH is 2. The molecule has 1 aromatic rings. The minimum atomic E-state index is -1.06. The first kappa shape index (κ1) is 13.2. The molecule has 4 nitrogen and oxygen atoms in total. The van der Waals surface area contributed by atoms with Gasteiger partial charge in [-0.2, -0.15) is 0 Å². The van der Waals surface area contributed by atoms with Gasteiger partial charge in [-0.25, -0.2) is 4.79 Å². The second kappa shape index (κ2) is 5.98. The van der Waals surface area contributed by atoms with E-state index in [1.54, 1.807) is 12.1 Å². The number of benzene rings is 1. The fourth-order valence-corrected chi connectivity index (χ4v) is 1.82. The molecule has 1 rings (SSSR count). The van der Waals surface area contributed by atoms with Crippen molar-refractivity contribution >= 4 is 21.9 Å². The summed E-state index contributed by atoms with van der Waals surface area (Å²) in [7, 11) is 0. The highest BCUT2D eigenvalue weighted by Gasteiger charge is 2.18. The summed E-state index contributed by atoms with van der Waals surface area (Å²) < 4.78 is 0. The zero-order chi connectivity index (χ0) is 12.1. The van der Waals surface area contributed by atoms with Crippen LogP contribution >= 0.6 is 15.9 Å². The molecule has 0 aliphatic carbocycles. The Balaban J connectivity index is 2.86. The smallest absolute Gasteiger partial charge is 0.335 e. The molecule has 16 heavy (non-hydrogen) atoms. The molecule has 0 spiro atoms. The Bertz CT molecular complexity index is 367. The summed E-state index contributed by atoms with van der Waals surface area (Å²) >= 11 is 3.16. The lowest BCUT2D eigenvalue weighted by molar-refractivity contribution is 0.0173. The number of aromatic carboxylic acids is 1. The van der Waals surface area contributed by atoms with Crippen molar-refractivity contribution in [3.8, 4) is 0 Å². The van der Waals surface area contributed by atoms with E-state index >= 15 is 0 Å². The second-order valence-corrected chi connectivity index (χ2v) is 4.21. The van der Waals surface area contributed by atoms with Gasteiger partial charge in [-0.3, -0.25) is 0 Å². The maximum Gasteiger partial charge on any atom is 0.335 e. The summed E-state index contributed by atoms with van der Waals surface area (Å²) in [6.45, 7) is 0. The third-order valence-corrected chi connectivity index (χ3v) is 2.70. The van der Waals surface area contributed by atoms with Crippen LogP contribution in [0, 0.1) is 0 Å². The fourth-order valence-electron chi connectivity index (χ4n) is 1.35. The van der Waals surface area contributed by atoms with Crippen LogP contribution in [0.4, 0.5) is 0 Å². The van der Waals surface area contributed by atoms with Crippen molar-refractivity contribution in [1.29, 1.82) is 0 Å². The van der Waals surface area contributed by atoms with Crippen LogP contribution < -0.4 is 0 Å². The topological polar surface area (TPSA) is 77.8 Å². The highest BCUT2D eigenvalue weighted by atomic mass is 79.9. The van der Waals surface area contributed by atoms with Crippen LogP contribution in [-0.2, 0) is 0 Å². The fraction of sp³-hybridized carbons (Fsp3) is 0.364. The van der Waals surface area contributed by atoms with E-state index in [2.05, 4.69) is 15.9 Å². The number of carboxylic acid groups (broad SMARTS) is 1. The van der Waals surface area contributed by atoms with Gasteiger partial charge in [0.2, 0.25) is 0 Å². The Morgan fingerprint density at radius 2 is 2.06 bits per heavy atom. The summed E-state index contributed by atoms with van der Waals surface area (Å²) in [5.41, 5.74) is 0.510. The Morgan fingerprint density at radius 1 is 1.38 bits per heavy atom. The largest absolute Gasteiger partial charge is 0.478 e. The molecule has 5 heteroatoms. The molecule has 0 amide bonds. The first-order valence-electron chi connectivity index (χ1n) is 4.81. The molecular weight excluding hydrogens is 276 g/mol. The SMILES string of the molecule is O=C(O)c1cccc(C(O)C(O)CCBr)c1. The normalized spacial score (nSPS) is 14.4. The number of halogens is 1. The molecule has 3 N–H and O–H groups in total. The molecule has 1 aromatic carbocycles. The van der Waals surface area contributed by atoms with Crippen LogP contribution in [0.15, 0.2) is 24.3 Å². The van der Waals surface area contributed by atoms with Gasteiger partial charge >= 0.3 is 5.97 Å². The van der Waals surface area contributed by atoms with Crippen molar-refractivity contribution in [2.45, 2.75) is 18.6 Å². The van der Waals surface area contributed by atoms with Crippen LogP contribution in [-0.4, -0.2) is 32.7 Å². The molecule has 0 saturated carbocycles. The maximum absolute atomic E-state index is 10.7. The van der Waals surface area contributed by atoms with Gasteiger partial charge < -0.3 is 15.3 Å². The average molecular weight is 289 g/mol. The quantitative estimate of drug-likeness (QED) is 0.719. The van der Waals surface area contributed by atoms with E-state index in [-0.39, 0.29) is 5.56 Å². The van der Waals surface area contributed by atoms with E-state index in [1.165, 1.54) is 12.1 Å². The number of rotatable bonds is 5. The Hall–Kier alpha value is -0.910. The van der Waals surface area contributed by atoms with Gasteiger partial charge in [-0.1, -0.05) is 28.1 Å². The van der Waals surface area contributed by atoms with Gasteiger partial charge in [0.15, 0.2) is 0 Å². The van der Waals surface area contributed by atoms with Crippen molar-refractivity contribution in [2.75, 3.05) is 5.33 Å². The zero-order valence-electron chi connectivity index (χ0n) is 8.51. The summed E-state index contributed by atoms with van der Waals surface area (Å²) in [6.07, 6.45) is -1.56. The van der Waals surface area contributed by atoms with Gasteiger partial charge in [-0.15, -0.1) is 0 Å². The van der Waals surface area contributed by atoms with Crippen LogP contribution in [0.25, 0.3) is 0 Å². The van der Waals surface area contributed by atoms with Crippen molar-refractivity contribution < 1.29 is 20.1 Å². The minimum absolute atomic E-state index is 0.0996. The molecule has 0 aromatic heterocycles. The van der Waals surface area contributed by atoms with Crippen molar-refractivity contribution in [3.63, 3.8) is 0 Å². The van der Waals surface area contributed by atoms with Gasteiger partial charge in [0.1, 0.15) is 6.10 Å². The highest BCUT2D eigenvalue weighted by molar-refractivity contribution is 9.09. The van der Waals surface area contributed by atoms with Gasteiger partial charge in [0.05, 0.1) is 11.7 Å². The van der Waals surface area contributed by atoms with Crippen LogP contribution in [0.5, 0.6) is 0 Å². The number of aliphatic hydroxyl groups is 2. The van der Waals surface area contributed by atoms with E-state index < -0.39 is 18.2 Å². The Morgan fingerprint density at radius 3 is 2.62 bits per heavy atom. The lowest BCUT2D eigenvalue weighted by Crippen LogP contribution is -2.18. The lowest BCUT2D eigenvalue weighted by Gasteiger charge is -2.17. The van der Waals surface area contributed by atoms with Crippen LogP contribution in [0.2, 0.25) is 0 Å². The molecule has 0 bridgehead atoms. The molecular formula is C11H13BrO4. The number of carbonyl (C=O) groups is 1. The minimum Gasteiger partial charge on any atom is -0.478 e. The number of alkyl halides is 1. The zero-order valence-corrected chi connectivity index (χ0v) is 10.1. The summed E-state index contributed by atoms with van der Waals surface area (Å²) in [5.74, 6) is -1.05. The summed E-state index contributed by atoms with van der Waals surface area (Å²) in [5, 5.41) is 28.7. The van der Waals surface area contributed by atoms with Gasteiger partial charge in [-0.05, 0) is 24.1 Å². The van der Waals surface area contributed by atoms with Gasteiger partial charge in [0, 0.05) is 5.33 Å². The predicted molar refractivity (Wildman–Crippen MR) is 62.8 cm³/mol. The van der Waals surface area contributed by atoms with E-state index in [0.717, 1.165) is 0 Å². The molecule has 0 aliphatic rings. The predicted octanol–water partition coefficient (Wildman–Crippen LogP) is 1.56. The van der Waals surface area contributed by atoms with Crippen molar-refractivity contribution in [3.05, 3.63) is 35.4 Å². The lowest BCUT2D eigenvalue weighted by atomic mass is 10.0. The monoisotopic (exact) mass is 288 g/mol. The maximum atomic E-state index is 10.7. The van der Waals surface area contributed by atoms with E-state index in [0.29, 0.717) is 17.3 Å². The molecule has 2 unspecified atom stereocenters. The second-order valence-electron chi connectivity index (χ2n) is 3.42. The average Bonchev–Trinajstić information content (AvgIpc) is 2.28. The third-order valence-electron chi connectivity index (χ3n) is 2.24. The van der Waals surface area contributed by atoms with Crippen molar-refractivity contribution in [2.24, 2.45) is 0 Å². The number of hydrogen-bond acceptors (Lipinski definition) is 3. The molecule has 0 radical (unpaired) electrons. The van der Waals surface area contributed by atoms with Crippen LogP contribution in [0.1, 0.15) is 28.4 Å². The number of hydrogen-bond donors (Lipinski definition) is 3. The van der Waals surface area contributed by atoms with E-state index in [4.69, 9.17) is 5.11 Å². The summed E-state index contributed by atoms with van der Waals surface area (Å²) in [4.78, 5) is 10.7. The summed E-state index contributed by atoms with van der Waals surface area (Å²) in [6, 6.07) is 5.94. The van der Waals surface area contributed by atoms with E-state index in [9.17, 15) is 15.0 Å². The molecule has 88 valence electrons. The van der Waals surface area contributed by atoms with Crippen molar-refractivity contribution in [1.82, 2.24) is 0 Å². The molecule has 0 fully saturated rings. The Labute approximate surface area is 102 Å². The van der Waals surface area contributed by atoms with Crippen LogP contribution in [0.3, 0.4) is 0 Å². The highest BCUT2D eigenvalue weighted by Crippen LogP contribution is 2.20. The third kappa shape index (κ3) is 3.30.